The van der Waals surface area contributed by atoms with Crippen LogP contribution in [0.3, 0.4) is 0 Å². The molecule has 2 unspecified atom stereocenters. The average Bonchev–Trinajstić information content (AvgIpc) is 3.36. The second-order valence-corrected chi connectivity index (χ2v) is 14.3. The molecule has 0 aliphatic heterocycles. The molecule has 4 nitrogen and oxygen atoms in total. The molecule has 0 saturated heterocycles. The van der Waals surface area contributed by atoms with Crippen LogP contribution >= 0.6 is 15.2 Å². The van der Waals surface area contributed by atoms with E-state index in [1.54, 1.807) is 0 Å². The third-order valence-corrected chi connectivity index (χ3v) is 13.9. The monoisotopic (exact) mass is 457 g/mol. The molecule has 1 saturated carbocycles. The van der Waals surface area contributed by atoms with E-state index in [2.05, 4.69) is 55.2 Å². The third kappa shape index (κ3) is 3.98. The minimum Gasteiger partial charge on any atom is -0.256 e. The molecule has 4 heterocycles. The van der Waals surface area contributed by atoms with Gasteiger partial charge in [0.05, 0.1) is 23.2 Å². The van der Waals surface area contributed by atoms with Crippen LogP contribution in [0.15, 0.2) is 97.6 Å². The molecule has 32 heavy (non-hydrogen) atoms. The lowest BCUT2D eigenvalue weighted by Crippen LogP contribution is -2.39. The highest BCUT2D eigenvalue weighted by atomic mass is 31.2. The largest absolute Gasteiger partial charge is 0.256 e. The van der Waals surface area contributed by atoms with Gasteiger partial charge in [0.15, 0.2) is 10.9 Å². The zero-order valence-electron chi connectivity index (χ0n) is 18.2. The van der Waals surface area contributed by atoms with Gasteiger partial charge in [-0.3, -0.25) is 9.97 Å². The van der Waals surface area contributed by atoms with Gasteiger partial charge in [-0.2, -0.15) is 0 Å². The smallest absolute Gasteiger partial charge is 0.189 e. The van der Waals surface area contributed by atoms with Crippen molar-refractivity contribution in [1.29, 1.82) is 0 Å². The topological polar surface area (TPSA) is 51.6 Å². The summed E-state index contributed by atoms with van der Waals surface area (Å²) in [6.45, 7) is 2.45. The predicted molar refractivity (Wildman–Crippen MR) is 137 cm³/mol. The summed E-state index contributed by atoms with van der Waals surface area (Å²) in [5, 5.41) is 0. The fourth-order valence-electron chi connectivity index (χ4n) is 4.99. The molecule has 0 spiro atoms. The van der Waals surface area contributed by atoms with Crippen molar-refractivity contribution in [2.75, 3.05) is 6.66 Å². The maximum absolute atomic E-state index is 4.90. The Kier molecular flexibility index (Phi) is 6.35. The Morgan fingerprint density at radius 3 is 1.59 bits per heavy atom. The van der Waals surface area contributed by atoms with Crippen LogP contribution in [0.4, 0.5) is 0 Å². The number of hydrogen-bond donors (Lipinski definition) is 0. The van der Waals surface area contributed by atoms with Crippen molar-refractivity contribution in [3.63, 3.8) is 0 Å². The van der Waals surface area contributed by atoms with Gasteiger partial charge in [0.25, 0.3) is 0 Å². The third-order valence-electron chi connectivity index (χ3n) is 6.48. The lowest BCUT2D eigenvalue weighted by molar-refractivity contribution is 0.887. The Bertz CT molecular complexity index is 1050. The van der Waals surface area contributed by atoms with Gasteiger partial charge >= 0.3 is 0 Å². The first-order chi connectivity index (χ1) is 15.8. The van der Waals surface area contributed by atoms with Crippen LogP contribution in [0.25, 0.3) is 0 Å². The molecular formula is C26H27N4P2+. The van der Waals surface area contributed by atoms with Gasteiger partial charge in [0.1, 0.15) is 7.26 Å². The lowest BCUT2D eigenvalue weighted by Gasteiger charge is -2.34. The first-order valence-corrected chi connectivity index (χ1v) is 14.8. The van der Waals surface area contributed by atoms with Crippen molar-refractivity contribution in [3.8, 4) is 0 Å². The Morgan fingerprint density at radius 1 is 0.656 bits per heavy atom. The van der Waals surface area contributed by atoms with Crippen molar-refractivity contribution in [2.24, 2.45) is 0 Å². The lowest BCUT2D eigenvalue weighted by atomic mass is 10.4. The molecule has 0 bridgehead atoms. The second-order valence-electron chi connectivity index (χ2n) is 8.26. The van der Waals surface area contributed by atoms with Gasteiger partial charge in [0, 0.05) is 50.5 Å². The van der Waals surface area contributed by atoms with Crippen LogP contribution in [-0.4, -0.2) is 37.9 Å². The van der Waals surface area contributed by atoms with Crippen LogP contribution < -0.4 is 21.7 Å². The van der Waals surface area contributed by atoms with E-state index >= 15 is 0 Å². The Morgan fingerprint density at radius 2 is 1.16 bits per heavy atom. The summed E-state index contributed by atoms with van der Waals surface area (Å²) in [5.74, 6) is 0. The highest BCUT2D eigenvalue weighted by molar-refractivity contribution is 7.90. The minimum atomic E-state index is -1.83. The Labute approximate surface area is 191 Å². The normalized spacial score (nSPS) is 18.7. The zero-order valence-corrected chi connectivity index (χ0v) is 20.0. The van der Waals surface area contributed by atoms with Crippen LogP contribution in [0.5, 0.6) is 0 Å². The molecule has 0 radical (unpaired) electrons. The molecule has 4 aromatic heterocycles. The van der Waals surface area contributed by atoms with Gasteiger partial charge in [-0.15, -0.1) is 0 Å². The highest BCUT2D eigenvalue weighted by Gasteiger charge is 2.55. The summed E-state index contributed by atoms with van der Waals surface area (Å²) >= 11 is 0. The Hall–Kier alpha value is -2.54. The van der Waals surface area contributed by atoms with Crippen molar-refractivity contribution in [2.45, 2.75) is 30.6 Å². The molecule has 5 rings (SSSR count). The van der Waals surface area contributed by atoms with Gasteiger partial charge in [0.2, 0.25) is 0 Å². The summed E-state index contributed by atoms with van der Waals surface area (Å²) in [6, 6.07) is 25.3. The average molecular weight is 457 g/mol. The molecule has 1 fully saturated rings. The van der Waals surface area contributed by atoms with Crippen molar-refractivity contribution < 1.29 is 0 Å². The molecule has 4 aromatic rings. The van der Waals surface area contributed by atoms with E-state index in [4.69, 9.17) is 19.9 Å². The summed E-state index contributed by atoms with van der Waals surface area (Å²) in [7, 11) is -2.52. The molecule has 0 amide bonds. The van der Waals surface area contributed by atoms with E-state index in [9.17, 15) is 0 Å². The standard InChI is InChI=1S/C26H27N4P2/c1-32(25-15-4-8-19-29-25,26-16-5-9-20-30-26)22-12-10-11-21(22)31(23-13-2-6-17-27-23)24-14-3-7-18-28-24/h2-9,13-22H,10-12H2,1H3/q+1. The Balaban J connectivity index is 1.65. The zero-order chi connectivity index (χ0) is 21.8. The number of aromatic nitrogens is 4. The van der Waals surface area contributed by atoms with Crippen molar-refractivity contribution in [3.05, 3.63) is 97.6 Å². The first-order valence-electron chi connectivity index (χ1n) is 11.1. The van der Waals surface area contributed by atoms with Crippen LogP contribution in [-0.2, 0) is 0 Å². The van der Waals surface area contributed by atoms with Crippen LogP contribution in [0, 0.1) is 0 Å². The van der Waals surface area contributed by atoms with E-state index in [0.717, 1.165) is 0 Å². The van der Waals surface area contributed by atoms with E-state index in [1.807, 2.05) is 49.1 Å². The summed E-state index contributed by atoms with van der Waals surface area (Å²) in [4.78, 5) is 19.5. The molecule has 0 N–H and O–H groups in total. The molecule has 6 heteroatoms. The van der Waals surface area contributed by atoms with Crippen molar-refractivity contribution in [1.82, 2.24) is 19.9 Å². The maximum Gasteiger partial charge on any atom is 0.189 e. The molecule has 160 valence electrons. The maximum atomic E-state index is 4.90. The number of hydrogen-bond acceptors (Lipinski definition) is 4. The molecule has 2 atom stereocenters. The molecule has 0 aromatic carbocycles. The number of nitrogens with zero attached hydrogens (tertiary/aromatic N) is 4. The second kappa shape index (κ2) is 9.53. The molecule has 1 aliphatic carbocycles. The fraction of sp³-hybridized carbons (Fsp3) is 0.231. The van der Waals surface area contributed by atoms with Crippen molar-refractivity contribution >= 4 is 36.9 Å². The van der Waals surface area contributed by atoms with Crippen LogP contribution in [0.1, 0.15) is 19.3 Å². The van der Waals surface area contributed by atoms with Gasteiger partial charge in [-0.05, 0) is 55.7 Å². The minimum absolute atomic E-state index is 0.497. The number of pyridine rings is 4. The summed E-state index contributed by atoms with van der Waals surface area (Å²) in [6.07, 6.45) is 11.3. The SMILES string of the molecule is C[P+](c1ccccn1)(c1ccccn1)C1CCCC1P(c1ccccn1)c1ccccn1. The van der Waals surface area contributed by atoms with E-state index in [-0.39, 0.29) is 0 Å². The van der Waals surface area contributed by atoms with Gasteiger partial charge in [-0.25, -0.2) is 9.97 Å². The first kappa shape index (κ1) is 21.3. The fourth-order valence-corrected chi connectivity index (χ4v) is 12.8. The van der Waals surface area contributed by atoms with Crippen LogP contribution in [0.2, 0.25) is 0 Å². The quantitative estimate of drug-likeness (QED) is 0.412. The summed E-state index contributed by atoms with van der Waals surface area (Å²) < 4.78 is 0. The predicted octanol–water partition coefficient (Wildman–Crippen LogP) is 3.92. The van der Waals surface area contributed by atoms with Gasteiger partial charge < -0.3 is 0 Å². The van der Waals surface area contributed by atoms with Gasteiger partial charge in [-0.1, -0.05) is 24.3 Å². The van der Waals surface area contributed by atoms with E-state index < -0.39 is 15.2 Å². The van der Waals surface area contributed by atoms with E-state index in [0.29, 0.717) is 11.3 Å². The number of rotatable bonds is 6. The summed E-state index contributed by atoms with van der Waals surface area (Å²) in [5.41, 5.74) is 5.75. The molecular weight excluding hydrogens is 430 g/mol. The highest BCUT2D eigenvalue weighted by Crippen LogP contribution is 2.66. The molecule has 1 aliphatic rings. The van der Waals surface area contributed by atoms with E-state index in [1.165, 1.54) is 41.0 Å².